The van der Waals surface area contributed by atoms with Crippen molar-refractivity contribution >= 4 is 17.1 Å². The summed E-state index contributed by atoms with van der Waals surface area (Å²) in [6, 6.07) is 5.31. The van der Waals surface area contributed by atoms with Gasteiger partial charge in [-0.25, -0.2) is 0 Å². The van der Waals surface area contributed by atoms with Gasteiger partial charge in [-0.3, -0.25) is 35.3 Å². The predicted octanol–water partition coefficient (Wildman–Crippen LogP) is 2.79. The average Bonchev–Trinajstić information content (AvgIpc) is 3.01. The minimum Gasteiger partial charge on any atom is -0.863 e. The van der Waals surface area contributed by atoms with E-state index in [0.717, 1.165) is 11.4 Å². The van der Waals surface area contributed by atoms with Crippen LogP contribution < -0.4 is 5.11 Å². The molecule has 0 bridgehead atoms. The van der Waals surface area contributed by atoms with Gasteiger partial charge >= 0.3 is 0 Å². The molecule has 0 saturated carbocycles. The number of quaternary nitrogens is 1. The molecule has 0 N–H and O–H groups in total. The molecule has 1 aliphatic heterocycles. The lowest BCUT2D eigenvalue weighted by Gasteiger charge is -2.31. The van der Waals surface area contributed by atoms with Crippen LogP contribution in [-0.2, 0) is 0 Å². The third kappa shape index (κ3) is 4.66. The Morgan fingerprint density at radius 2 is 1.70 bits per heavy atom. The Balaban J connectivity index is 0.000000220. The molecule has 12 nitrogen and oxygen atoms in total. The number of benzene rings is 1. The molecular weight excluding hydrogens is 398 g/mol. The zero-order valence-corrected chi connectivity index (χ0v) is 16.7. The SMILES string of the molecule is C[N+]1(C)CCCC1c1cccnc1.Cc1c([N+](=O)[O-])cc([N+](=O)[O-])c([O-])c1[N+](=O)[O-]. The summed E-state index contributed by atoms with van der Waals surface area (Å²) in [5.74, 6) is -1.44. The van der Waals surface area contributed by atoms with Crippen LogP contribution in [0.4, 0.5) is 17.1 Å². The number of pyridine rings is 1. The van der Waals surface area contributed by atoms with Crippen LogP contribution in [0.2, 0.25) is 0 Å². The summed E-state index contributed by atoms with van der Waals surface area (Å²) < 4.78 is 1.12. The maximum absolute atomic E-state index is 11.3. The van der Waals surface area contributed by atoms with Crippen LogP contribution in [0, 0.1) is 37.3 Å². The molecule has 30 heavy (non-hydrogen) atoms. The topological polar surface area (TPSA) is 165 Å². The fourth-order valence-corrected chi connectivity index (χ4v) is 3.60. The molecule has 1 saturated heterocycles. The van der Waals surface area contributed by atoms with Crippen LogP contribution in [-0.4, -0.2) is 44.9 Å². The highest BCUT2D eigenvalue weighted by Crippen LogP contribution is 2.41. The van der Waals surface area contributed by atoms with Gasteiger partial charge in [0.1, 0.15) is 11.6 Å². The van der Waals surface area contributed by atoms with E-state index in [2.05, 4.69) is 25.1 Å². The van der Waals surface area contributed by atoms with Crippen molar-refractivity contribution in [1.82, 2.24) is 4.98 Å². The van der Waals surface area contributed by atoms with E-state index in [1.807, 2.05) is 18.5 Å². The molecular formula is C18H21N5O7. The Labute approximate surface area is 171 Å². The van der Waals surface area contributed by atoms with Crippen LogP contribution in [0.5, 0.6) is 5.75 Å². The largest absolute Gasteiger partial charge is 0.863 e. The molecule has 1 aromatic heterocycles. The van der Waals surface area contributed by atoms with E-state index in [9.17, 15) is 35.4 Å². The van der Waals surface area contributed by atoms with E-state index < -0.39 is 43.1 Å². The van der Waals surface area contributed by atoms with Crippen molar-refractivity contribution in [2.75, 3.05) is 20.6 Å². The van der Waals surface area contributed by atoms with Gasteiger partial charge in [0, 0.05) is 30.8 Å². The molecule has 0 amide bonds. The molecule has 2 aromatic rings. The summed E-state index contributed by atoms with van der Waals surface area (Å²) in [6.07, 6.45) is 6.50. The number of nitrogens with zero attached hydrogens (tertiary/aromatic N) is 5. The van der Waals surface area contributed by atoms with Crippen LogP contribution in [0.25, 0.3) is 0 Å². The third-order valence-electron chi connectivity index (χ3n) is 5.16. The highest BCUT2D eigenvalue weighted by molar-refractivity contribution is 5.69. The normalized spacial score (nSPS) is 17.0. The molecule has 160 valence electrons. The summed E-state index contributed by atoms with van der Waals surface area (Å²) in [5, 5.41) is 42.9. The Morgan fingerprint density at radius 1 is 1.07 bits per heavy atom. The lowest BCUT2D eigenvalue weighted by atomic mass is 10.1. The van der Waals surface area contributed by atoms with E-state index in [-0.39, 0.29) is 0 Å². The van der Waals surface area contributed by atoms with Gasteiger partial charge < -0.3 is 9.59 Å². The Kier molecular flexibility index (Phi) is 6.62. The fourth-order valence-electron chi connectivity index (χ4n) is 3.60. The number of hydrogen-bond acceptors (Lipinski definition) is 8. The van der Waals surface area contributed by atoms with Crippen molar-refractivity contribution < 1.29 is 24.4 Å². The Hall–Kier alpha value is -3.67. The first-order valence-corrected chi connectivity index (χ1v) is 8.97. The van der Waals surface area contributed by atoms with Gasteiger partial charge in [0.25, 0.3) is 17.1 Å². The Morgan fingerprint density at radius 3 is 2.13 bits per heavy atom. The lowest BCUT2D eigenvalue weighted by molar-refractivity contribution is -0.908. The molecule has 1 aliphatic rings. The fraction of sp³-hybridized carbons (Fsp3) is 0.389. The molecule has 1 unspecified atom stereocenters. The second kappa shape index (κ2) is 8.78. The Bertz CT molecular complexity index is 940. The first-order valence-electron chi connectivity index (χ1n) is 8.97. The van der Waals surface area contributed by atoms with Crippen LogP contribution >= 0.6 is 0 Å². The summed E-state index contributed by atoms with van der Waals surface area (Å²) in [4.78, 5) is 32.3. The van der Waals surface area contributed by atoms with Crippen molar-refractivity contribution in [3.63, 3.8) is 0 Å². The molecule has 0 aliphatic carbocycles. The average molecular weight is 419 g/mol. The molecule has 1 aromatic carbocycles. The van der Waals surface area contributed by atoms with Crippen molar-refractivity contribution in [2.24, 2.45) is 0 Å². The number of nitro benzene ring substituents is 3. The first kappa shape index (κ1) is 22.6. The molecule has 1 fully saturated rings. The van der Waals surface area contributed by atoms with E-state index in [1.165, 1.54) is 24.9 Å². The van der Waals surface area contributed by atoms with Gasteiger partial charge in [-0.2, -0.15) is 0 Å². The first-order chi connectivity index (χ1) is 14.0. The number of hydrogen-bond donors (Lipinski definition) is 0. The van der Waals surface area contributed by atoms with E-state index in [0.29, 0.717) is 12.1 Å². The standard InChI is InChI=1S/C11H17N2.C7H5N3O7/c1-13(2)8-4-6-11(13)10-5-3-7-12-9-10;1-3-4(8(12)13)2-5(9(14)15)7(11)6(3)10(16)17/h3,5,7,9,11H,4,6,8H2,1-2H3;2,11H,1H3/q+1;/p-1. The molecule has 2 heterocycles. The van der Waals surface area contributed by atoms with Crippen molar-refractivity contribution in [3.05, 3.63) is 72.1 Å². The van der Waals surface area contributed by atoms with Gasteiger partial charge in [-0.1, -0.05) is 6.07 Å². The third-order valence-corrected chi connectivity index (χ3v) is 5.16. The molecule has 3 rings (SSSR count). The number of likely N-dealkylation sites (tertiary alicyclic amines) is 1. The zero-order valence-electron chi connectivity index (χ0n) is 16.7. The zero-order chi connectivity index (χ0) is 22.6. The second-order valence-electron chi connectivity index (χ2n) is 7.44. The van der Waals surface area contributed by atoms with E-state index in [4.69, 9.17) is 0 Å². The minimum atomic E-state index is -1.44. The minimum absolute atomic E-state index is 0.421. The number of aromatic nitrogens is 1. The summed E-state index contributed by atoms with van der Waals surface area (Å²) in [6.45, 7) is 2.28. The molecule has 1 atom stereocenters. The number of rotatable bonds is 4. The van der Waals surface area contributed by atoms with Gasteiger partial charge in [0.05, 0.1) is 47.2 Å². The van der Waals surface area contributed by atoms with Gasteiger partial charge in [0.2, 0.25) is 0 Å². The summed E-state index contributed by atoms with van der Waals surface area (Å²) in [7, 11) is 4.62. The van der Waals surface area contributed by atoms with Gasteiger partial charge in [0.15, 0.2) is 0 Å². The molecule has 0 radical (unpaired) electrons. The van der Waals surface area contributed by atoms with Crippen LogP contribution in [0.3, 0.4) is 0 Å². The lowest BCUT2D eigenvalue weighted by Crippen LogP contribution is -2.38. The van der Waals surface area contributed by atoms with Crippen molar-refractivity contribution in [1.29, 1.82) is 0 Å². The smallest absolute Gasteiger partial charge is 0.286 e. The highest BCUT2D eigenvalue weighted by Gasteiger charge is 2.35. The quantitative estimate of drug-likeness (QED) is 0.414. The number of nitro groups is 3. The maximum Gasteiger partial charge on any atom is 0.286 e. The molecule has 0 spiro atoms. The monoisotopic (exact) mass is 419 g/mol. The van der Waals surface area contributed by atoms with E-state index >= 15 is 0 Å². The van der Waals surface area contributed by atoms with Crippen LogP contribution in [0.15, 0.2) is 30.6 Å². The maximum atomic E-state index is 11.3. The predicted molar refractivity (Wildman–Crippen MR) is 104 cm³/mol. The second-order valence-corrected chi connectivity index (χ2v) is 7.44. The van der Waals surface area contributed by atoms with Crippen LogP contribution in [0.1, 0.15) is 30.0 Å². The molecule has 12 heteroatoms. The summed E-state index contributed by atoms with van der Waals surface area (Å²) >= 11 is 0. The summed E-state index contributed by atoms with van der Waals surface area (Å²) in [5.41, 5.74) is -2.27. The van der Waals surface area contributed by atoms with E-state index in [1.54, 1.807) is 0 Å². The highest BCUT2D eigenvalue weighted by atomic mass is 16.6. The van der Waals surface area contributed by atoms with Gasteiger partial charge in [-0.15, -0.1) is 0 Å². The van der Waals surface area contributed by atoms with Crippen molar-refractivity contribution in [2.45, 2.75) is 25.8 Å². The van der Waals surface area contributed by atoms with Crippen molar-refractivity contribution in [3.8, 4) is 5.75 Å². The van der Waals surface area contributed by atoms with Gasteiger partial charge in [-0.05, 0) is 13.0 Å².